The lowest BCUT2D eigenvalue weighted by Crippen LogP contribution is -2.43. The molecule has 0 bridgehead atoms. The molecule has 1 amide bonds. The summed E-state index contributed by atoms with van der Waals surface area (Å²) in [6.45, 7) is 0.453. The predicted octanol–water partition coefficient (Wildman–Crippen LogP) is 2.18. The number of halogens is 1. The molecule has 1 aromatic carbocycles. The van der Waals surface area contributed by atoms with Gasteiger partial charge in [0.2, 0.25) is 5.91 Å². The lowest BCUT2D eigenvalue weighted by atomic mass is 10.1. The third-order valence-electron chi connectivity index (χ3n) is 5.17. The fraction of sp³-hybridized carbons (Fsp3) is 0.286. The number of rotatable bonds is 7. The van der Waals surface area contributed by atoms with E-state index in [-0.39, 0.29) is 29.6 Å². The monoisotopic (exact) mass is 439 g/mol. The molecular formula is C21H22FN7OS. The number of aromatic nitrogens is 2. The van der Waals surface area contributed by atoms with E-state index in [1.165, 1.54) is 21.7 Å². The second-order valence-corrected chi connectivity index (χ2v) is 8.23. The molecule has 0 saturated carbocycles. The van der Waals surface area contributed by atoms with E-state index < -0.39 is 0 Å². The van der Waals surface area contributed by atoms with Crippen LogP contribution in [0.3, 0.4) is 0 Å². The van der Waals surface area contributed by atoms with Crippen molar-refractivity contribution in [3.63, 3.8) is 0 Å². The molecule has 2 aromatic heterocycles. The first kappa shape index (κ1) is 21.0. The SMILES string of the molecule is N#Cc1c(CCCNC(=O)C2CC(c3cccs3)NN2)nn(-c2ccc(F)cc2)c1N. The highest BCUT2D eigenvalue weighted by Crippen LogP contribution is 2.26. The van der Waals surface area contributed by atoms with Crippen LogP contribution >= 0.6 is 11.3 Å². The summed E-state index contributed by atoms with van der Waals surface area (Å²) in [7, 11) is 0. The Balaban J connectivity index is 1.31. The summed E-state index contributed by atoms with van der Waals surface area (Å²) in [5, 5.41) is 18.8. The Labute approximate surface area is 182 Å². The Kier molecular flexibility index (Phi) is 6.27. The highest BCUT2D eigenvalue weighted by Gasteiger charge is 2.30. The highest BCUT2D eigenvalue weighted by atomic mass is 32.1. The molecule has 0 radical (unpaired) electrons. The molecule has 0 spiro atoms. The van der Waals surface area contributed by atoms with Crippen molar-refractivity contribution in [3.8, 4) is 11.8 Å². The summed E-state index contributed by atoms with van der Waals surface area (Å²) in [4.78, 5) is 13.6. The van der Waals surface area contributed by atoms with Crippen molar-refractivity contribution >= 4 is 23.1 Å². The fourth-order valence-corrected chi connectivity index (χ4v) is 4.34. The molecule has 0 aliphatic carbocycles. The van der Waals surface area contributed by atoms with Gasteiger partial charge in [-0.2, -0.15) is 10.4 Å². The van der Waals surface area contributed by atoms with Gasteiger partial charge in [-0.15, -0.1) is 11.3 Å². The van der Waals surface area contributed by atoms with Gasteiger partial charge in [-0.1, -0.05) is 6.07 Å². The van der Waals surface area contributed by atoms with Crippen molar-refractivity contribution < 1.29 is 9.18 Å². The number of hydrogen-bond acceptors (Lipinski definition) is 7. The van der Waals surface area contributed by atoms with Gasteiger partial charge in [0, 0.05) is 11.4 Å². The zero-order chi connectivity index (χ0) is 21.8. The van der Waals surface area contributed by atoms with Gasteiger partial charge in [-0.05, 0) is 55.0 Å². The Morgan fingerprint density at radius 2 is 2.16 bits per heavy atom. The van der Waals surface area contributed by atoms with E-state index in [0.29, 0.717) is 42.8 Å². The van der Waals surface area contributed by atoms with Crippen molar-refractivity contribution in [2.75, 3.05) is 12.3 Å². The number of nitrogens with two attached hydrogens (primary N) is 1. The van der Waals surface area contributed by atoms with Gasteiger partial charge in [0.25, 0.3) is 0 Å². The smallest absolute Gasteiger partial charge is 0.238 e. The van der Waals surface area contributed by atoms with E-state index in [0.717, 1.165) is 0 Å². The second kappa shape index (κ2) is 9.26. The van der Waals surface area contributed by atoms with Crippen LogP contribution in [0.1, 0.15) is 35.0 Å². The molecule has 3 aromatic rings. The van der Waals surface area contributed by atoms with Crippen LogP contribution in [-0.4, -0.2) is 28.3 Å². The van der Waals surface area contributed by atoms with Crippen LogP contribution in [0.25, 0.3) is 5.69 Å². The average Bonchev–Trinajstić information content (AvgIpc) is 3.51. The number of carbonyl (C=O) groups excluding carboxylic acids is 1. The first-order valence-electron chi connectivity index (χ1n) is 9.92. The maximum atomic E-state index is 13.2. The number of hydrogen-bond donors (Lipinski definition) is 4. The van der Waals surface area contributed by atoms with Crippen LogP contribution in [-0.2, 0) is 11.2 Å². The molecule has 10 heteroatoms. The molecule has 8 nitrogen and oxygen atoms in total. The molecule has 4 rings (SSSR count). The van der Waals surface area contributed by atoms with Crippen LogP contribution in [0, 0.1) is 17.1 Å². The van der Waals surface area contributed by atoms with Crippen LogP contribution in [0.2, 0.25) is 0 Å². The van der Waals surface area contributed by atoms with Gasteiger partial charge in [0.15, 0.2) is 0 Å². The number of nitriles is 1. The lowest BCUT2D eigenvalue weighted by molar-refractivity contribution is -0.122. The fourth-order valence-electron chi connectivity index (χ4n) is 3.55. The van der Waals surface area contributed by atoms with Crippen LogP contribution in [0.4, 0.5) is 10.2 Å². The summed E-state index contributed by atoms with van der Waals surface area (Å²) < 4.78 is 14.6. The molecule has 2 atom stereocenters. The first-order valence-corrected chi connectivity index (χ1v) is 10.8. The number of aryl methyl sites for hydroxylation is 1. The van der Waals surface area contributed by atoms with E-state index in [1.807, 2.05) is 17.5 Å². The van der Waals surface area contributed by atoms with E-state index in [2.05, 4.69) is 27.3 Å². The number of thiophene rings is 1. The van der Waals surface area contributed by atoms with Crippen molar-refractivity contribution in [1.29, 1.82) is 5.26 Å². The maximum absolute atomic E-state index is 13.2. The van der Waals surface area contributed by atoms with Gasteiger partial charge < -0.3 is 11.1 Å². The lowest BCUT2D eigenvalue weighted by Gasteiger charge is -2.10. The zero-order valence-corrected chi connectivity index (χ0v) is 17.5. The number of amides is 1. The quantitative estimate of drug-likeness (QED) is 0.419. The molecule has 5 N–H and O–H groups in total. The second-order valence-electron chi connectivity index (χ2n) is 7.25. The van der Waals surface area contributed by atoms with Crippen LogP contribution in [0.15, 0.2) is 41.8 Å². The van der Waals surface area contributed by atoms with Crippen molar-refractivity contribution in [1.82, 2.24) is 25.9 Å². The molecule has 1 saturated heterocycles. The number of carbonyl (C=O) groups is 1. The summed E-state index contributed by atoms with van der Waals surface area (Å²) in [5.41, 5.74) is 13.7. The van der Waals surface area contributed by atoms with Gasteiger partial charge in [0.05, 0.1) is 17.4 Å². The van der Waals surface area contributed by atoms with Gasteiger partial charge in [-0.3, -0.25) is 4.79 Å². The van der Waals surface area contributed by atoms with Gasteiger partial charge >= 0.3 is 0 Å². The van der Waals surface area contributed by atoms with E-state index in [4.69, 9.17) is 5.73 Å². The Morgan fingerprint density at radius 1 is 1.35 bits per heavy atom. The molecule has 160 valence electrons. The minimum Gasteiger partial charge on any atom is -0.382 e. The summed E-state index contributed by atoms with van der Waals surface area (Å²) in [5.74, 6) is -0.211. The van der Waals surface area contributed by atoms with E-state index in [1.54, 1.807) is 23.5 Å². The third-order valence-corrected chi connectivity index (χ3v) is 6.16. The van der Waals surface area contributed by atoms with Crippen molar-refractivity contribution in [2.24, 2.45) is 0 Å². The normalized spacial score (nSPS) is 18.1. The van der Waals surface area contributed by atoms with E-state index in [9.17, 15) is 14.4 Å². The molecular weight excluding hydrogens is 417 g/mol. The Morgan fingerprint density at radius 3 is 2.87 bits per heavy atom. The molecule has 31 heavy (non-hydrogen) atoms. The zero-order valence-electron chi connectivity index (χ0n) is 16.6. The number of hydrazine groups is 1. The topological polar surface area (TPSA) is 121 Å². The van der Waals surface area contributed by atoms with Crippen molar-refractivity contribution in [3.05, 3.63) is 63.7 Å². The molecule has 2 unspecified atom stereocenters. The molecule has 1 fully saturated rings. The minimum atomic E-state index is -0.361. The Hall–Kier alpha value is -3.26. The third kappa shape index (κ3) is 4.59. The summed E-state index contributed by atoms with van der Waals surface area (Å²) in [6.07, 6.45) is 1.77. The van der Waals surface area contributed by atoms with E-state index >= 15 is 0 Å². The average molecular weight is 440 g/mol. The number of nitrogen functional groups attached to an aromatic ring is 1. The number of nitrogens with zero attached hydrogens (tertiary/aromatic N) is 3. The molecule has 3 heterocycles. The summed E-state index contributed by atoms with van der Waals surface area (Å²) in [6, 6.07) is 11.7. The van der Waals surface area contributed by atoms with Crippen molar-refractivity contribution in [2.45, 2.75) is 31.3 Å². The number of nitrogens with one attached hydrogen (secondary N) is 3. The van der Waals surface area contributed by atoms with Gasteiger partial charge in [-0.25, -0.2) is 19.9 Å². The molecule has 1 aliphatic rings. The highest BCUT2D eigenvalue weighted by molar-refractivity contribution is 7.10. The number of anilines is 1. The Bertz CT molecular complexity index is 1090. The standard InChI is InChI=1S/C21H22FN7OS/c22-13-5-7-14(8-6-13)29-20(24)15(12-23)16(28-29)3-1-9-25-21(30)18-11-17(26-27-18)19-4-2-10-31-19/h2,4-8,10,17-18,26-27H,1,3,9,11,24H2,(H,25,30). The largest absolute Gasteiger partial charge is 0.382 e. The summed E-state index contributed by atoms with van der Waals surface area (Å²) >= 11 is 1.66. The van der Waals surface area contributed by atoms with Crippen LogP contribution in [0.5, 0.6) is 0 Å². The minimum absolute atomic E-state index is 0.0663. The first-order chi connectivity index (χ1) is 15.1. The predicted molar refractivity (Wildman–Crippen MR) is 116 cm³/mol. The van der Waals surface area contributed by atoms with Gasteiger partial charge in [0.1, 0.15) is 29.3 Å². The maximum Gasteiger partial charge on any atom is 0.238 e. The van der Waals surface area contributed by atoms with Crippen LogP contribution < -0.4 is 21.9 Å². The number of benzene rings is 1. The molecule has 1 aliphatic heterocycles.